The lowest BCUT2D eigenvalue weighted by molar-refractivity contribution is 0.215. The minimum atomic E-state index is 0.344. The summed E-state index contributed by atoms with van der Waals surface area (Å²) in [6.07, 6.45) is 8.89. The minimum absolute atomic E-state index is 0.344. The maximum atomic E-state index is 6.13. The molecule has 0 saturated heterocycles. The molecule has 2 N–H and O–H groups in total. The molecule has 0 spiro atoms. The Morgan fingerprint density at radius 1 is 1.45 bits per heavy atom. The first kappa shape index (κ1) is 13.5. The van der Waals surface area contributed by atoms with Crippen molar-refractivity contribution in [3.05, 3.63) is 22.2 Å². The van der Waals surface area contributed by atoms with Gasteiger partial charge < -0.3 is 5.73 Å². The summed E-state index contributed by atoms with van der Waals surface area (Å²) in [5.41, 5.74) is 9.79. The molecule has 1 aliphatic rings. The molecule has 1 unspecified atom stereocenters. The van der Waals surface area contributed by atoms with Crippen molar-refractivity contribution < 1.29 is 0 Å². The molecule has 2 aromatic heterocycles. The van der Waals surface area contributed by atoms with E-state index in [2.05, 4.69) is 32.8 Å². The van der Waals surface area contributed by atoms with Crippen LogP contribution >= 0.6 is 11.3 Å². The number of nitrogens with two attached hydrogens (primary N) is 1. The Kier molecular flexibility index (Phi) is 3.02. The molecule has 0 saturated carbocycles. The molecular weight excluding hydrogens is 264 g/mol. The van der Waals surface area contributed by atoms with E-state index in [0.717, 1.165) is 33.6 Å². The van der Waals surface area contributed by atoms with Crippen LogP contribution in [0.4, 0.5) is 5.69 Å². The predicted molar refractivity (Wildman–Crippen MR) is 86.9 cm³/mol. The Morgan fingerprint density at radius 3 is 2.85 bits per heavy atom. The lowest BCUT2D eigenvalue weighted by Crippen LogP contribution is -2.27. The average Bonchev–Trinajstić information content (AvgIpc) is 2.71. The number of aryl methyl sites for hydroxylation is 1. The SMILES string of the molecule is C#Cc1sc2nc3c(cc2c1N)CC(C(C)(C)C)CC3. The molecule has 20 heavy (non-hydrogen) atoms. The van der Waals surface area contributed by atoms with E-state index in [1.807, 2.05) is 0 Å². The second kappa shape index (κ2) is 4.49. The summed E-state index contributed by atoms with van der Waals surface area (Å²) in [4.78, 5) is 6.60. The topological polar surface area (TPSA) is 38.9 Å². The molecule has 0 bridgehead atoms. The number of nitrogen functional groups attached to an aromatic ring is 1. The van der Waals surface area contributed by atoms with Gasteiger partial charge in [0.2, 0.25) is 0 Å². The predicted octanol–water partition coefficient (Wildman–Crippen LogP) is 4.01. The third-order valence-corrected chi connectivity index (χ3v) is 5.49. The Hall–Kier alpha value is -1.53. The Morgan fingerprint density at radius 2 is 2.20 bits per heavy atom. The third-order valence-electron chi connectivity index (χ3n) is 4.44. The molecule has 1 aliphatic carbocycles. The van der Waals surface area contributed by atoms with Crippen molar-refractivity contribution in [1.82, 2.24) is 4.98 Å². The van der Waals surface area contributed by atoms with E-state index in [-0.39, 0.29) is 0 Å². The lowest BCUT2D eigenvalue weighted by atomic mass is 9.71. The van der Waals surface area contributed by atoms with Crippen LogP contribution in [0, 0.1) is 23.7 Å². The van der Waals surface area contributed by atoms with Gasteiger partial charge in [0.25, 0.3) is 0 Å². The van der Waals surface area contributed by atoms with Crippen LogP contribution in [0.1, 0.15) is 43.3 Å². The van der Waals surface area contributed by atoms with Gasteiger partial charge in [-0.05, 0) is 42.2 Å². The summed E-state index contributed by atoms with van der Waals surface area (Å²) in [6.45, 7) is 6.97. The van der Waals surface area contributed by atoms with Crippen LogP contribution in [0.15, 0.2) is 6.07 Å². The van der Waals surface area contributed by atoms with Crippen LogP contribution in [0.25, 0.3) is 10.2 Å². The second-order valence-corrected chi connectivity index (χ2v) is 7.74. The number of aromatic nitrogens is 1. The molecule has 1 atom stereocenters. The number of nitrogens with zero attached hydrogens (tertiary/aromatic N) is 1. The molecule has 2 aromatic rings. The molecular formula is C17H20N2S. The van der Waals surface area contributed by atoms with E-state index in [0.29, 0.717) is 11.3 Å². The van der Waals surface area contributed by atoms with Crippen LogP contribution in [-0.2, 0) is 12.8 Å². The monoisotopic (exact) mass is 284 g/mol. The highest BCUT2D eigenvalue weighted by Gasteiger charge is 2.29. The first-order valence-corrected chi connectivity index (χ1v) is 7.89. The maximum Gasteiger partial charge on any atom is 0.126 e. The average molecular weight is 284 g/mol. The maximum absolute atomic E-state index is 6.13. The van der Waals surface area contributed by atoms with E-state index < -0.39 is 0 Å². The van der Waals surface area contributed by atoms with Crippen molar-refractivity contribution in [1.29, 1.82) is 0 Å². The molecule has 2 nitrogen and oxygen atoms in total. The smallest absolute Gasteiger partial charge is 0.126 e. The molecule has 104 valence electrons. The number of fused-ring (bicyclic) bond motifs is 2. The van der Waals surface area contributed by atoms with Crippen LogP contribution in [0.3, 0.4) is 0 Å². The molecule has 3 rings (SSSR count). The van der Waals surface area contributed by atoms with Gasteiger partial charge in [-0.2, -0.15) is 0 Å². The number of anilines is 1. The van der Waals surface area contributed by atoms with Gasteiger partial charge in [-0.15, -0.1) is 17.8 Å². The van der Waals surface area contributed by atoms with Gasteiger partial charge in [0.1, 0.15) is 9.71 Å². The summed E-state index contributed by atoms with van der Waals surface area (Å²) >= 11 is 1.53. The summed E-state index contributed by atoms with van der Waals surface area (Å²) < 4.78 is 0. The lowest BCUT2D eigenvalue weighted by Gasteiger charge is -2.34. The molecule has 3 heteroatoms. The van der Waals surface area contributed by atoms with Crippen molar-refractivity contribution in [2.24, 2.45) is 11.3 Å². The fourth-order valence-corrected chi connectivity index (χ4v) is 3.94. The van der Waals surface area contributed by atoms with Crippen LogP contribution < -0.4 is 5.73 Å². The molecule has 0 amide bonds. The molecule has 0 aliphatic heterocycles. The van der Waals surface area contributed by atoms with Gasteiger partial charge in [0, 0.05) is 11.1 Å². The largest absolute Gasteiger partial charge is 0.396 e. The van der Waals surface area contributed by atoms with Crippen LogP contribution in [0.5, 0.6) is 0 Å². The highest BCUT2D eigenvalue weighted by Crippen LogP contribution is 2.40. The molecule has 0 fully saturated rings. The zero-order valence-electron chi connectivity index (χ0n) is 12.3. The Labute approximate surface area is 124 Å². The van der Waals surface area contributed by atoms with E-state index in [1.165, 1.54) is 29.0 Å². The summed E-state index contributed by atoms with van der Waals surface area (Å²) in [5, 5.41) is 1.04. The standard InChI is InChI=1S/C17H20N2S/c1-5-14-15(18)12-9-10-8-11(17(2,3)4)6-7-13(10)19-16(12)20-14/h1,9,11H,6-8,18H2,2-4H3. The van der Waals surface area contributed by atoms with Crippen molar-refractivity contribution in [2.45, 2.75) is 40.0 Å². The van der Waals surface area contributed by atoms with Gasteiger partial charge in [-0.3, -0.25) is 0 Å². The van der Waals surface area contributed by atoms with Crippen molar-refractivity contribution >= 4 is 27.2 Å². The zero-order chi connectivity index (χ0) is 14.5. The van der Waals surface area contributed by atoms with Crippen LogP contribution in [0.2, 0.25) is 0 Å². The highest BCUT2D eigenvalue weighted by molar-refractivity contribution is 7.19. The quantitative estimate of drug-likeness (QED) is 0.742. The Bertz CT molecular complexity index is 713. The molecule has 2 heterocycles. The number of hydrogen-bond donors (Lipinski definition) is 1. The summed E-state index contributed by atoms with van der Waals surface area (Å²) in [5.74, 6) is 3.37. The number of rotatable bonds is 0. The third kappa shape index (κ3) is 2.09. The van der Waals surface area contributed by atoms with E-state index in [4.69, 9.17) is 17.1 Å². The zero-order valence-corrected chi connectivity index (χ0v) is 13.1. The van der Waals surface area contributed by atoms with Gasteiger partial charge in [0.05, 0.1) is 5.69 Å². The van der Waals surface area contributed by atoms with Gasteiger partial charge in [-0.1, -0.05) is 26.7 Å². The van der Waals surface area contributed by atoms with Crippen molar-refractivity contribution in [2.75, 3.05) is 5.73 Å². The fraction of sp³-hybridized carbons (Fsp3) is 0.471. The van der Waals surface area contributed by atoms with Crippen molar-refractivity contribution in [3.63, 3.8) is 0 Å². The number of terminal acetylenes is 1. The second-order valence-electron chi connectivity index (χ2n) is 6.74. The Balaban J connectivity index is 2.09. The summed E-state index contributed by atoms with van der Waals surface area (Å²) in [6, 6.07) is 2.22. The van der Waals surface area contributed by atoms with Gasteiger partial charge in [0.15, 0.2) is 0 Å². The molecule has 0 aromatic carbocycles. The molecule has 0 radical (unpaired) electrons. The first-order valence-electron chi connectivity index (χ1n) is 7.07. The normalized spacial score (nSPS) is 18.8. The van der Waals surface area contributed by atoms with Crippen molar-refractivity contribution in [3.8, 4) is 12.3 Å². The highest BCUT2D eigenvalue weighted by atomic mass is 32.1. The van der Waals surface area contributed by atoms with E-state index in [9.17, 15) is 0 Å². The number of hydrogen-bond acceptors (Lipinski definition) is 3. The van der Waals surface area contributed by atoms with Crippen LogP contribution in [-0.4, -0.2) is 4.98 Å². The first-order chi connectivity index (χ1) is 9.40. The summed E-state index contributed by atoms with van der Waals surface area (Å²) in [7, 11) is 0. The fourth-order valence-electron chi connectivity index (χ4n) is 3.04. The number of thiophene rings is 1. The number of pyridine rings is 1. The van der Waals surface area contributed by atoms with E-state index >= 15 is 0 Å². The van der Waals surface area contributed by atoms with Gasteiger partial charge in [-0.25, -0.2) is 4.98 Å². The minimum Gasteiger partial charge on any atom is -0.396 e. The van der Waals surface area contributed by atoms with Gasteiger partial charge >= 0.3 is 0 Å². The van der Waals surface area contributed by atoms with E-state index in [1.54, 1.807) is 0 Å².